The van der Waals surface area contributed by atoms with Gasteiger partial charge in [0.2, 0.25) is 0 Å². The van der Waals surface area contributed by atoms with Crippen LogP contribution >= 0.6 is 11.6 Å². The lowest BCUT2D eigenvalue weighted by Gasteiger charge is -2.41. The van der Waals surface area contributed by atoms with Crippen molar-refractivity contribution in [3.8, 4) is 5.75 Å². The van der Waals surface area contributed by atoms with Crippen LogP contribution in [0.3, 0.4) is 0 Å². The third-order valence-electron chi connectivity index (χ3n) is 5.76. The molecule has 0 aliphatic carbocycles. The van der Waals surface area contributed by atoms with Crippen molar-refractivity contribution < 1.29 is 19.4 Å². The summed E-state index contributed by atoms with van der Waals surface area (Å²) < 4.78 is 5.67. The van der Waals surface area contributed by atoms with Crippen LogP contribution in [0.15, 0.2) is 29.3 Å². The molecule has 30 heavy (non-hydrogen) atoms. The lowest BCUT2D eigenvalue weighted by molar-refractivity contribution is -0.136. The van der Waals surface area contributed by atoms with Crippen molar-refractivity contribution in [1.82, 2.24) is 19.6 Å². The third kappa shape index (κ3) is 3.67. The molecule has 4 rings (SSSR count). The fraction of sp³-hybridized carbons (Fsp3) is 0.550. The number of hydrogen-bond donors (Lipinski definition) is 1. The Bertz CT molecular complexity index is 859. The SMILES string of the molecule is CN1C(=O)C2C(N=C(N3CCCC3)N2CC(O)COc2ccccc2Cl)N(C)C1=O. The monoisotopic (exact) mass is 435 g/mol. The standard InChI is InChI=1S/C20H26ClN5O4/c1-23-17-16(18(28)24(2)20(23)29)26(19(22-17)25-9-5-6-10-25)11-13(27)12-30-15-8-4-3-7-14(15)21/h3-4,7-8,13,16-17,27H,5-6,9-12H2,1-2H3. The van der Waals surface area contributed by atoms with Gasteiger partial charge in [-0.25, -0.2) is 9.79 Å². The molecule has 3 aliphatic heterocycles. The second kappa shape index (κ2) is 8.31. The van der Waals surface area contributed by atoms with Gasteiger partial charge in [-0.2, -0.15) is 0 Å². The molecule has 10 heteroatoms. The fourth-order valence-corrected chi connectivity index (χ4v) is 4.34. The largest absolute Gasteiger partial charge is 0.489 e. The predicted octanol–water partition coefficient (Wildman–Crippen LogP) is 1.07. The minimum absolute atomic E-state index is 0.0176. The molecule has 0 spiro atoms. The number of β-amino-alcohol motifs (C(OH)–C–C–N with tert-alkyl or cyclic N) is 1. The number of amides is 3. The number of likely N-dealkylation sites (tertiary alicyclic amines) is 1. The Labute approximate surface area is 180 Å². The van der Waals surface area contributed by atoms with E-state index in [4.69, 9.17) is 21.3 Å². The van der Waals surface area contributed by atoms with Gasteiger partial charge >= 0.3 is 6.03 Å². The zero-order valence-electron chi connectivity index (χ0n) is 17.1. The Morgan fingerprint density at radius 3 is 2.63 bits per heavy atom. The summed E-state index contributed by atoms with van der Waals surface area (Å²) in [5.74, 6) is 0.826. The van der Waals surface area contributed by atoms with Gasteiger partial charge in [-0.05, 0) is 25.0 Å². The number of carbonyl (C=O) groups is 2. The normalized spacial score (nSPS) is 25.0. The van der Waals surface area contributed by atoms with E-state index < -0.39 is 18.3 Å². The number of aliphatic hydroxyl groups is 1. The van der Waals surface area contributed by atoms with Crippen LogP contribution in [0.5, 0.6) is 5.75 Å². The van der Waals surface area contributed by atoms with Gasteiger partial charge in [0.25, 0.3) is 5.91 Å². The first-order valence-corrected chi connectivity index (χ1v) is 10.5. The summed E-state index contributed by atoms with van der Waals surface area (Å²) in [5.41, 5.74) is 0. The molecule has 0 saturated carbocycles. The molecule has 1 N–H and O–H groups in total. The minimum atomic E-state index is -0.881. The number of urea groups is 1. The number of benzene rings is 1. The molecule has 1 aromatic rings. The molecule has 2 fully saturated rings. The Morgan fingerprint density at radius 1 is 1.23 bits per heavy atom. The van der Waals surface area contributed by atoms with E-state index in [9.17, 15) is 14.7 Å². The number of rotatable bonds is 5. The van der Waals surface area contributed by atoms with Crippen molar-refractivity contribution in [2.45, 2.75) is 31.2 Å². The van der Waals surface area contributed by atoms with E-state index in [0.717, 1.165) is 30.8 Å². The average molecular weight is 436 g/mol. The number of aliphatic imine (C=N–C) groups is 1. The number of ether oxygens (including phenoxy) is 1. The molecule has 0 radical (unpaired) electrons. The number of likely N-dealkylation sites (N-methyl/N-ethyl adjacent to an activating group) is 2. The van der Waals surface area contributed by atoms with Gasteiger partial charge in [-0.3, -0.25) is 9.69 Å². The van der Waals surface area contributed by atoms with E-state index in [1.54, 1.807) is 31.3 Å². The van der Waals surface area contributed by atoms with Crippen LogP contribution in [0.25, 0.3) is 0 Å². The molecular formula is C20H26ClN5O4. The zero-order valence-corrected chi connectivity index (χ0v) is 17.8. The molecule has 3 heterocycles. The summed E-state index contributed by atoms with van der Waals surface area (Å²) in [6, 6.07) is 6.02. The van der Waals surface area contributed by atoms with E-state index >= 15 is 0 Å². The molecule has 1 aromatic carbocycles. The van der Waals surface area contributed by atoms with E-state index in [-0.39, 0.29) is 25.1 Å². The topological polar surface area (TPSA) is 88.9 Å². The third-order valence-corrected chi connectivity index (χ3v) is 6.07. The maximum atomic E-state index is 13.0. The molecule has 3 amide bonds. The van der Waals surface area contributed by atoms with Gasteiger partial charge in [0.05, 0.1) is 11.6 Å². The van der Waals surface area contributed by atoms with Crippen molar-refractivity contribution in [3.05, 3.63) is 29.3 Å². The minimum Gasteiger partial charge on any atom is -0.489 e. The number of nitrogens with zero attached hydrogens (tertiary/aromatic N) is 5. The molecule has 3 unspecified atom stereocenters. The summed E-state index contributed by atoms with van der Waals surface area (Å²) >= 11 is 6.11. The summed E-state index contributed by atoms with van der Waals surface area (Å²) in [5, 5.41) is 11.2. The summed E-state index contributed by atoms with van der Waals surface area (Å²) in [7, 11) is 3.12. The molecule has 0 aromatic heterocycles. The smallest absolute Gasteiger partial charge is 0.328 e. The van der Waals surface area contributed by atoms with Crippen molar-refractivity contribution in [1.29, 1.82) is 0 Å². The van der Waals surface area contributed by atoms with Crippen molar-refractivity contribution in [2.24, 2.45) is 4.99 Å². The number of fused-ring (bicyclic) bond motifs is 1. The molecular weight excluding hydrogens is 410 g/mol. The van der Waals surface area contributed by atoms with Crippen LogP contribution in [0.2, 0.25) is 5.02 Å². The van der Waals surface area contributed by atoms with Crippen LogP contribution in [0.1, 0.15) is 12.8 Å². The Kier molecular flexibility index (Phi) is 5.75. The van der Waals surface area contributed by atoms with Gasteiger partial charge in [0.15, 0.2) is 18.2 Å². The zero-order chi connectivity index (χ0) is 21.4. The Balaban J connectivity index is 1.52. The maximum absolute atomic E-state index is 13.0. The number of para-hydroxylation sites is 1. The lowest BCUT2D eigenvalue weighted by atomic mass is 10.1. The summed E-state index contributed by atoms with van der Waals surface area (Å²) in [6.07, 6.45) is 0.605. The lowest BCUT2D eigenvalue weighted by Crippen LogP contribution is -2.65. The van der Waals surface area contributed by atoms with E-state index in [1.807, 2.05) is 4.90 Å². The van der Waals surface area contributed by atoms with Gasteiger partial charge < -0.3 is 24.5 Å². The first kappa shape index (κ1) is 20.7. The summed E-state index contributed by atoms with van der Waals surface area (Å²) in [4.78, 5) is 36.6. The van der Waals surface area contributed by atoms with Crippen LogP contribution < -0.4 is 4.74 Å². The number of hydrogen-bond acceptors (Lipinski definition) is 7. The Morgan fingerprint density at radius 2 is 1.93 bits per heavy atom. The highest BCUT2D eigenvalue weighted by Gasteiger charge is 2.52. The van der Waals surface area contributed by atoms with Gasteiger partial charge in [-0.1, -0.05) is 23.7 Å². The van der Waals surface area contributed by atoms with E-state index in [2.05, 4.69) is 4.90 Å². The molecule has 3 aliphatic rings. The van der Waals surface area contributed by atoms with Crippen LogP contribution in [0.4, 0.5) is 4.79 Å². The number of halogens is 1. The Hall–Kier alpha value is -2.52. The molecule has 3 atom stereocenters. The molecule has 9 nitrogen and oxygen atoms in total. The van der Waals surface area contributed by atoms with Crippen molar-refractivity contribution >= 4 is 29.5 Å². The van der Waals surface area contributed by atoms with E-state index in [1.165, 1.54) is 11.9 Å². The van der Waals surface area contributed by atoms with Crippen LogP contribution in [-0.4, -0.2) is 101 Å². The summed E-state index contributed by atoms with van der Waals surface area (Å²) in [6.45, 7) is 1.84. The maximum Gasteiger partial charge on any atom is 0.328 e. The van der Waals surface area contributed by atoms with E-state index in [0.29, 0.717) is 16.7 Å². The highest BCUT2D eigenvalue weighted by Crippen LogP contribution is 2.30. The average Bonchev–Trinajstić information content (AvgIpc) is 3.38. The van der Waals surface area contributed by atoms with Crippen molar-refractivity contribution in [2.75, 3.05) is 40.3 Å². The van der Waals surface area contributed by atoms with Gasteiger partial charge in [0, 0.05) is 27.2 Å². The first-order chi connectivity index (χ1) is 14.4. The van der Waals surface area contributed by atoms with Crippen molar-refractivity contribution in [3.63, 3.8) is 0 Å². The van der Waals surface area contributed by atoms with Crippen LogP contribution in [0, 0.1) is 0 Å². The number of carbonyl (C=O) groups excluding carboxylic acids is 2. The number of imide groups is 1. The highest BCUT2D eigenvalue weighted by molar-refractivity contribution is 6.32. The number of aliphatic hydroxyl groups excluding tert-OH is 1. The fourth-order valence-electron chi connectivity index (χ4n) is 4.15. The quantitative estimate of drug-likeness (QED) is 0.744. The first-order valence-electron chi connectivity index (χ1n) is 10.1. The highest BCUT2D eigenvalue weighted by atomic mass is 35.5. The molecule has 0 bridgehead atoms. The second-order valence-corrected chi connectivity index (χ2v) is 8.23. The second-order valence-electron chi connectivity index (χ2n) is 7.82. The number of guanidine groups is 1. The predicted molar refractivity (Wildman–Crippen MR) is 111 cm³/mol. The van der Waals surface area contributed by atoms with Crippen LogP contribution in [-0.2, 0) is 4.79 Å². The molecule has 2 saturated heterocycles. The molecule has 162 valence electrons. The van der Waals surface area contributed by atoms with Gasteiger partial charge in [-0.15, -0.1) is 0 Å². The van der Waals surface area contributed by atoms with Gasteiger partial charge in [0.1, 0.15) is 18.5 Å².